The topological polar surface area (TPSA) is 58.6 Å². The third kappa shape index (κ3) is 3.14. The summed E-state index contributed by atoms with van der Waals surface area (Å²) in [6.07, 6.45) is 0. The van der Waals surface area contributed by atoms with Crippen molar-refractivity contribution in [2.75, 3.05) is 13.2 Å². The van der Waals surface area contributed by atoms with E-state index in [9.17, 15) is 9.59 Å². The van der Waals surface area contributed by atoms with E-state index >= 15 is 0 Å². The highest BCUT2D eigenvalue weighted by molar-refractivity contribution is 9.10. The first-order chi connectivity index (χ1) is 11.5. The number of carbonyl (C=O) groups excluding carboxylic acids is 2. The zero-order valence-corrected chi connectivity index (χ0v) is 14.7. The summed E-state index contributed by atoms with van der Waals surface area (Å²) < 4.78 is 6.52. The Morgan fingerprint density at radius 1 is 1.12 bits per heavy atom. The molecule has 1 saturated heterocycles. The van der Waals surface area contributed by atoms with Crippen LogP contribution in [0.2, 0.25) is 0 Å². The molecule has 3 amide bonds. The largest absolute Gasteiger partial charge is 0.492 e. The number of hydrogen-bond donors (Lipinski definition) is 1. The number of amides is 3. The molecule has 1 aliphatic heterocycles. The third-order valence-electron chi connectivity index (χ3n) is 4.01. The van der Waals surface area contributed by atoms with Gasteiger partial charge in [-0.05, 0) is 30.7 Å². The molecule has 1 fully saturated rings. The van der Waals surface area contributed by atoms with Crippen LogP contribution in [0.25, 0.3) is 0 Å². The lowest BCUT2D eigenvalue weighted by Gasteiger charge is -2.22. The second-order valence-electron chi connectivity index (χ2n) is 5.68. The molecule has 1 unspecified atom stereocenters. The van der Waals surface area contributed by atoms with Crippen LogP contribution in [0, 0.1) is 0 Å². The van der Waals surface area contributed by atoms with Crippen molar-refractivity contribution < 1.29 is 14.3 Å². The molecule has 1 atom stereocenters. The number of urea groups is 1. The molecule has 2 aromatic carbocycles. The first-order valence-corrected chi connectivity index (χ1v) is 8.38. The number of carbonyl (C=O) groups is 2. The molecule has 1 heterocycles. The Balaban J connectivity index is 1.67. The number of nitrogens with one attached hydrogen (secondary N) is 1. The molecule has 1 aliphatic rings. The number of halogens is 1. The Kier molecular flexibility index (Phi) is 4.57. The monoisotopic (exact) mass is 388 g/mol. The molecular formula is C18H17BrN2O3. The second kappa shape index (κ2) is 6.65. The first-order valence-electron chi connectivity index (χ1n) is 7.59. The van der Waals surface area contributed by atoms with Gasteiger partial charge in [-0.3, -0.25) is 9.69 Å². The van der Waals surface area contributed by atoms with E-state index in [1.807, 2.05) is 54.6 Å². The summed E-state index contributed by atoms with van der Waals surface area (Å²) in [4.78, 5) is 26.1. The van der Waals surface area contributed by atoms with E-state index in [4.69, 9.17) is 4.74 Å². The molecule has 2 aromatic rings. The van der Waals surface area contributed by atoms with E-state index in [-0.39, 0.29) is 19.1 Å². The van der Waals surface area contributed by atoms with Gasteiger partial charge in [-0.25, -0.2) is 4.79 Å². The number of hydrogen-bond acceptors (Lipinski definition) is 3. The van der Waals surface area contributed by atoms with Crippen molar-refractivity contribution in [3.63, 3.8) is 0 Å². The van der Waals surface area contributed by atoms with Crippen molar-refractivity contribution in [2.45, 2.75) is 12.5 Å². The highest BCUT2D eigenvalue weighted by Gasteiger charge is 2.48. The van der Waals surface area contributed by atoms with E-state index in [0.717, 1.165) is 10.0 Å². The van der Waals surface area contributed by atoms with Crippen molar-refractivity contribution in [3.8, 4) is 5.75 Å². The lowest BCUT2D eigenvalue weighted by atomic mass is 9.92. The average molecular weight is 389 g/mol. The quantitative estimate of drug-likeness (QED) is 0.799. The van der Waals surface area contributed by atoms with Gasteiger partial charge in [-0.2, -0.15) is 0 Å². The molecule has 0 bridgehead atoms. The lowest BCUT2D eigenvalue weighted by molar-refractivity contribution is -0.131. The fraction of sp³-hybridized carbons (Fsp3) is 0.222. The standard InChI is InChI=1S/C18H17BrN2O3/c1-18(13-6-3-2-4-7-13)16(22)21(17(23)20-18)10-11-24-15-9-5-8-14(19)12-15/h2-9,12H,10-11H2,1H3,(H,20,23). The van der Waals surface area contributed by atoms with Crippen LogP contribution in [-0.4, -0.2) is 30.0 Å². The summed E-state index contributed by atoms with van der Waals surface area (Å²) in [5.41, 5.74) is -0.271. The predicted octanol–water partition coefficient (Wildman–Crippen LogP) is 3.30. The fourth-order valence-corrected chi connectivity index (χ4v) is 3.06. The van der Waals surface area contributed by atoms with Crippen molar-refractivity contribution in [1.82, 2.24) is 10.2 Å². The van der Waals surface area contributed by atoms with Gasteiger partial charge in [-0.1, -0.05) is 52.3 Å². The third-order valence-corrected chi connectivity index (χ3v) is 4.50. The van der Waals surface area contributed by atoms with E-state index in [1.54, 1.807) is 6.92 Å². The molecule has 1 N–H and O–H groups in total. The van der Waals surface area contributed by atoms with Crippen molar-refractivity contribution >= 4 is 27.9 Å². The van der Waals surface area contributed by atoms with E-state index in [1.165, 1.54) is 4.90 Å². The van der Waals surface area contributed by atoms with Gasteiger partial charge >= 0.3 is 6.03 Å². The Labute approximate surface area is 148 Å². The van der Waals surface area contributed by atoms with Crippen LogP contribution >= 0.6 is 15.9 Å². The van der Waals surface area contributed by atoms with Gasteiger partial charge in [0.15, 0.2) is 0 Å². The molecule has 0 radical (unpaired) electrons. The van der Waals surface area contributed by atoms with Gasteiger partial charge in [0.1, 0.15) is 17.9 Å². The van der Waals surface area contributed by atoms with Crippen LogP contribution in [0.1, 0.15) is 12.5 Å². The Morgan fingerprint density at radius 3 is 2.58 bits per heavy atom. The van der Waals surface area contributed by atoms with Crippen molar-refractivity contribution in [1.29, 1.82) is 0 Å². The van der Waals surface area contributed by atoms with E-state index in [2.05, 4.69) is 21.2 Å². The average Bonchev–Trinajstić information content (AvgIpc) is 2.80. The summed E-state index contributed by atoms with van der Waals surface area (Å²) in [5, 5.41) is 2.78. The number of benzene rings is 2. The second-order valence-corrected chi connectivity index (χ2v) is 6.60. The zero-order valence-electron chi connectivity index (χ0n) is 13.2. The highest BCUT2D eigenvalue weighted by atomic mass is 79.9. The zero-order chi connectivity index (χ0) is 17.2. The van der Waals surface area contributed by atoms with Crippen molar-refractivity contribution in [3.05, 3.63) is 64.6 Å². The van der Waals surface area contributed by atoms with Crippen LogP contribution in [0.5, 0.6) is 5.75 Å². The molecule has 3 rings (SSSR count). The Bertz CT molecular complexity index is 766. The highest BCUT2D eigenvalue weighted by Crippen LogP contribution is 2.28. The van der Waals surface area contributed by atoms with E-state index in [0.29, 0.717) is 5.75 Å². The van der Waals surface area contributed by atoms with Gasteiger partial charge in [-0.15, -0.1) is 0 Å². The maximum atomic E-state index is 12.7. The number of rotatable bonds is 5. The minimum Gasteiger partial charge on any atom is -0.492 e. The first kappa shape index (κ1) is 16.5. The molecule has 0 saturated carbocycles. The summed E-state index contributed by atoms with van der Waals surface area (Å²) in [6.45, 7) is 2.15. The Hall–Kier alpha value is -2.34. The van der Waals surface area contributed by atoms with Crippen molar-refractivity contribution in [2.24, 2.45) is 0 Å². The number of imide groups is 1. The summed E-state index contributed by atoms with van der Waals surface area (Å²) in [5.74, 6) is 0.416. The van der Waals surface area contributed by atoms with Gasteiger partial charge < -0.3 is 10.1 Å². The fourth-order valence-electron chi connectivity index (χ4n) is 2.68. The number of ether oxygens (including phenoxy) is 1. The number of nitrogens with zero attached hydrogens (tertiary/aromatic N) is 1. The molecular weight excluding hydrogens is 372 g/mol. The normalized spacial score (nSPS) is 20.2. The maximum Gasteiger partial charge on any atom is 0.325 e. The molecule has 0 spiro atoms. The van der Waals surface area contributed by atoms with E-state index < -0.39 is 11.6 Å². The summed E-state index contributed by atoms with van der Waals surface area (Å²) in [6, 6.07) is 16.2. The minimum absolute atomic E-state index is 0.194. The maximum absolute atomic E-state index is 12.7. The smallest absolute Gasteiger partial charge is 0.325 e. The van der Waals surface area contributed by atoms with Crippen LogP contribution in [0.3, 0.4) is 0 Å². The SMILES string of the molecule is CC1(c2ccccc2)NC(=O)N(CCOc2cccc(Br)c2)C1=O. The van der Waals surface area contributed by atoms with Gasteiger partial charge in [0.25, 0.3) is 5.91 Å². The van der Waals surface area contributed by atoms with Crippen LogP contribution in [0.15, 0.2) is 59.1 Å². The Morgan fingerprint density at radius 2 is 1.88 bits per heavy atom. The van der Waals surface area contributed by atoms with Gasteiger partial charge in [0, 0.05) is 4.47 Å². The van der Waals surface area contributed by atoms with Crippen LogP contribution < -0.4 is 10.1 Å². The molecule has 5 nitrogen and oxygen atoms in total. The molecule has 24 heavy (non-hydrogen) atoms. The van der Waals surface area contributed by atoms with Crippen LogP contribution in [-0.2, 0) is 10.3 Å². The van der Waals surface area contributed by atoms with Crippen LogP contribution in [0.4, 0.5) is 4.79 Å². The lowest BCUT2D eigenvalue weighted by Crippen LogP contribution is -2.41. The molecule has 0 aromatic heterocycles. The van der Waals surface area contributed by atoms with Gasteiger partial charge in [0.05, 0.1) is 6.54 Å². The van der Waals surface area contributed by atoms with Gasteiger partial charge in [0.2, 0.25) is 0 Å². The molecule has 124 valence electrons. The predicted molar refractivity (Wildman–Crippen MR) is 93.7 cm³/mol. The molecule has 0 aliphatic carbocycles. The summed E-state index contributed by atoms with van der Waals surface area (Å²) in [7, 11) is 0. The summed E-state index contributed by atoms with van der Waals surface area (Å²) >= 11 is 3.37. The minimum atomic E-state index is -1.03. The molecule has 6 heteroatoms.